The Morgan fingerprint density at radius 1 is 1.34 bits per heavy atom. The van der Waals surface area contributed by atoms with Crippen LogP contribution in [0.1, 0.15) is 6.42 Å². The summed E-state index contributed by atoms with van der Waals surface area (Å²) in [5.74, 6) is -0.296. The molecule has 2 bridgehead atoms. The van der Waals surface area contributed by atoms with Crippen LogP contribution in [0, 0.1) is 10.1 Å². The van der Waals surface area contributed by atoms with Crippen molar-refractivity contribution in [3.05, 3.63) is 56.0 Å². The van der Waals surface area contributed by atoms with Gasteiger partial charge in [0.1, 0.15) is 10.7 Å². The first-order valence-corrected chi connectivity index (χ1v) is 9.48. The van der Waals surface area contributed by atoms with E-state index in [0.717, 1.165) is 6.42 Å². The number of anilines is 2. The van der Waals surface area contributed by atoms with Crippen LogP contribution in [0.5, 0.6) is 0 Å². The molecule has 3 aliphatic heterocycles. The summed E-state index contributed by atoms with van der Waals surface area (Å²) >= 11 is 6.20. The Balaban J connectivity index is 1.40. The van der Waals surface area contributed by atoms with Gasteiger partial charge in [-0.2, -0.15) is 5.10 Å². The van der Waals surface area contributed by atoms with Gasteiger partial charge in [0, 0.05) is 38.3 Å². The summed E-state index contributed by atoms with van der Waals surface area (Å²) in [6.07, 6.45) is 2.53. The molecule has 1 aromatic heterocycles. The van der Waals surface area contributed by atoms with Crippen molar-refractivity contribution in [2.45, 2.75) is 18.5 Å². The number of carbonyl (C=O) groups excluding carboxylic acids is 1. The number of nitro benzene ring substituents is 1. The second kappa shape index (κ2) is 7.45. The molecule has 5 rings (SSSR count). The number of aromatic nitrogens is 2. The summed E-state index contributed by atoms with van der Waals surface area (Å²) in [5.41, 5.74) is 0.314. The number of piperazine rings is 1. The molecular formula is C18H19ClN6O4. The monoisotopic (exact) mass is 418 g/mol. The molecule has 4 heterocycles. The molecule has 1 aromatic carbocycles. The van der Waals surface area contributed by atoms with Crippen LogP contribution in [0.4, 0.5) is 17.1 Å². The molecule has 29 heavy (non-hydrogen) atoms. The summed E-state index contributed by atoms with van der Waals surface area (Å²) in [6.45, 7) is 1.41. The molecule has 11 heteroatoms. The van der Waals surface area contributed by atoms with Crippen LogP contribution in [-0.2, 0) is 11.8 Å². The van der Waals surface area contributed by atoms with Crippen LogP contribution >= 0.6 is 11.6 Å². The van der Waals surface area contributed by atoms with Crippen LogP contribution in [0.3, 0.4) is 0 Å². The van der Waals surface area contributed by atoms with Crippen molar-refractivity contribution < 1.29 is 9.72 Å². The van der Waals surface area contributed by atoms with Gasteiger partial charge in [-0.15, -0.1) is 0 Å². The van der Waals surface area contributed by atoms with Crippen molar-refractivity contribution in [3.63, 3.8) is 0 Å². The zero-order valence-corrected chi connectivity index (χ0v) is 16.4. The van der Waals surface area contributed by atoms with Crippen LogP contribution in [0.25, 0.3) is 0 Å². The summed E-state index contributed by atoms with van der Waals surface area (Å²) < 4.78 is 1.19. The van der Waals surface area contributed by atoms with Gasteiger partial charge >= 0.3 is 0 Å². The highest BCUT2D eigenvalue weighted by Gasteiger charge is 2.45. The SMILES string of the molecule is Cn1ncc(N2CC3CC(C2)N3CC(=O)Nc2ccccc2[N+](=O)[O-])c(Cl)c1=O. The molecule has 2 aromatic rings. The first-order valence-electron chi connectivity index (χ1n) is 9.11. The number of para-hydroxylation sites is 2. The molecule has 0 spiro atoms. The standard InChI is InChI=1S/C18H19ClN6O4/c1-22-18(27)17(19)15(7-20-22)23-8-11-6-12(9-23)24(11)10-16(26)21-13-4-2-3-5-14(13)25(28)29/h2-5,7,11-12H,6,8-10H2,1H3,(H,21,26). The minimum Gasteiger partial charge on any atom is -0.366 e. The fraction of sp³-hybridized carbons (Fsp3) is 0.389. The predicted octanol–water partition coefficient (Wildman–Crippen LogP) is 1.24. The van der Waals surface area contributed by atoms with Crippen molar-refractivity contribution in [2.75, 3.05) is 29.9 Å². The van der Waals surface area contributed by atoms with E-state index >= 15 is 0 Å². The number of aryl methyl sites for hydroxylation is 1. The van der Waals surface area contributed by atoms with Crippen LogP contribution in [0.2, 0.25) is 5.02 Å². The van der Waals surface area contributed by atoms with Gasteiger partial charge in [-0.3, -0.25) is 24.6 Å². The molecule has 0 saturated carbocycles. The van der Waals surface area contributed by atoms with E-state index in [9.17, 15) is 19.7 Å². The Hall–Kier alpha value is -2.98. The smallest absolute Gasteiger partial charge is 0.292 e. The summed E-state index contributed by atoms with van der Waals surface area (Å²) in [7, 11) is 1.54. The molecule has 3 saturated heterocycles. The van der Waals surface area contributed by atoms with E-state index in [1.165, 1.54) is 16.8 Å². The number of nitrogens with zero attached hydrogens (tertiary/aromatic N) is 5. The zero-order valence-electron chi connectivity index (χ0n) is 15.6. The van der Waals surface area contributed by atoms with E-state index in [1.807, 2.05) is 4.90 Å². The van der Waals surface area contributed by atoms with Gasteiger partial charge < -0.3 is 10.2 Å². The number of carbonyl (C=O) groups is 1. The minimum atomic E-state index is -0.520. The normalized spacial score (nSPS) is 20.8. The van der Waals surface area contributed by atoms with Crippen molar-refractivity contribution >= 4 is 34.6 Å². The largest absolute Gasteiger partial charge is 0.366 e. The highest BCUT2D eigenvalue weighted by atomic mass is 35.5. The molecule has 3 fully saturated rings. The fourth-order valence-corrected chi connectivity index (χ4v) is 4.25. The number of nitrogens with one attached hydrogen (secondary N) is 1. The Morgan fingerprint density at radius 2 is 2.03 bits per heavy atom. The number of rotatable bonds is 5. The summed E-state index contributed by atoms with van der Waals surface area (Å²) in [5, 5.41) is 17.9. The number of amides is 1. The van der Waals surface area contributed by atoms with Gasteiger partial charge in [-0.1, -0.05) is 23.7 Å². The molecule has 2 atom stereocenters. The lowest BCUT2D eigenvalue weighted by Gasteiger charge is -2.56. The van der Waals surface area contributed by atoms with Crippen LogP contribution < -0.4 is 15.8 Å². The summed E-state index contributed by atoms with van der Waals surface area (Å²) in [4.78, 5) is 39.1. The fourth-order valence-electron chi connectivity index (χ4n) is 3.96. The molecule has 0 aliphatic carbocycles. The molecule has 3 aliphatic rings. The van der Waals surface area contributed by atoms with Crippen LogP contribution in [-0.4, -0.2) is 57.2 Å². The van der Waals surface area contributed by atoms with Crippen molar-refractivity contribution in [1.82, 2.24) is 14.7 Å². The Labute approximate surface area is 170 Å². The number of fused-ring (bicyclic) bond motifs is 2. The summed E-state index contributed by atoms with van der Waals surface area (Å²) in [6, 6.07) is 6.35. The Bertz CT molecular complexity index is 1030. The lowest BCUT2D eigenvalue weighted by Crippen LogP contribution is -2.69. The molecule has 2 unspecified atom stereocenters. The van der Waals surface area contributed by atoms with E-state index in [0.29, 0.717) is 18.8 Å². The molecule has 0 radical (unpaired) electrons. The number of hydrogen-bond donors (Lipinski definition) is 1. The first-order chi connectivity index (χ1) is 13.8. The topological polar surface area (TPSA) is 114 Å². The van der Waals surface area contributed by atoms with Crippen molar-refractivity contribution in [2.24, 2.45) is 7.05 Å². The van der Waals surface area contributed by atoms with E-state index in [4.69, 9.17) is 11.6 Å². The van der Waals surface area contributed by atoms with Gasteiger partial charge in [0.05, 0.1) is 23.4 Å². The van der Waals surface area contributed by atoms with E-state index in [-0.39, 0.29) is 46.5 Å². The van der Waals surface area contributed by atoms with Gasteiger partial charge in [-0.25, -0.2) is 4.68 Å². The van der Waals surface area contributed by atoms with Crippen LogP contribution in [0.15, 0.2) is 35.3 Å². The first kappa shape index (κ1) is 19.3. The maximum atomic E-state index is 12.4. The van der Waals surface area contributed by atoms with Crippen molar-refractivity contribution in [3.8, 4) is 0 Å². The van der Waals surface area contributed by atoms with Gasteiger partial charge in [-0.05, 0) is 12.5 Å². The maximum Gasteiger partial charge on any atom is 0.292 e. The second-order valence-electron chi connectivity index (χ2n) is 7.22. The highest BCUT2D eigenvalue weighted by Crippen LogP contribution is 2.35. The van der Waals surface area contributed by atoms with E-state index in [2.05, 4.69) is 15.3 Å². The Kier molecular flexibility index (Phi) is 4.97. The number of nitro groups is 1. The second-order valence-corrected chi connectivity index (χ2v) is 7.59. The minimum absolute atomic E-state index is 0.136. The molecule has 152 valence electrons. The molecular weight excluding hydrogens is 400 g/mol. The number of benzene rings is 1. The average molecular weight is 419 g/mol. The van der Waals surface area contributed by atoms with Gasteiger partial charge in [0.2, 0.25) is 5.91 Å². The maximum absolute atomic E-state index is 12.4. The molecule has 1 N–H and O–H groups in total. The van der Waals surface area contributed by atoms with E-state index < -0.39 is 4.92 Å². The van der Waals surface area contributed by atoms with E-state index in [1.54, 1.807) is 25.4 Å². The quantitative estimate of drug-likeness (QED) is 0.574. The average Bonchev–Trinajstić information content (AvgIpc) is 2.70. The predicted molar refractivity (Wildman–Crippen MR) is 107 cm³/mol. The number of halogens is 1. The molecule has 10 nitrogen and oxygen atoms in total. The third kappa shape index (κ3) is 3.56. The third-order valence-electron chi connectivity index (χ3n) is 5.45. The molecule has 1 amide bonds. The number of hydrogen-bond acceptors (Lipinski definition) is 7. The highest BCUT2D eigenvalue weighted by molar-refractivity contribution is 6.33. The lowest BCUT2D eigenvalue weighted by molar-refractivity contribution is -0.383. The van der Waals surface area contributed by atoms with Gasteiger partial charge in [0.25, 0.3) is 11.2 Å². The zero-order chi connectivity index (χ0) is 20.7. The Morgan fingerprint density at radius 3 is 2.72 bits per heavy atom. The van der Waals surface area contributed by atoms with Crippen molar-refractivity contribution in [1.29, 1.82) is 0 Å². The van der Waals surface area contributed by atoms with Gasteiger partial charge in [0.15, 0.2) is 0 Å². The third-order valence-corrected chi connectivity index (χ3v) is 5.80. The lowest BCUT2D eigenvalue weighted by atomic mass is 9.87. The number of piperidine rings is 1.